The molecule has 0 atom stereocenters. The molecular weight excluding hydrogens is 793 g/mol. The van der Waals surface area contributed by atoms with Crippen LogP contribution >= 0.6 is 0 Å². The third-order valence-electron chi connectivity index (χ3n) is 14.5. The van der Waals surface area contributed by atoms with E-state index < -0.39 is 0 Å². The van der Waals surface area contributed by atoms with Gasteiger partial charge in [0.1, 0.15) is 22.3 Å². The van der Waals surface area contributed by atoms with E-state index in [0.717, 1.165) is 71.6 Å². The number of furan rings is 2. The highest BCUT2D eigenvalue weighted by Crippen LogP contribution is 2.47. The minimum absolute atomic E-state index is 0.164. The average Bonchev–Trinajstić information content (AvgIpc) is 3.83. The van der Waals surface area contributed by atoms with Crippen LogP contribution in [0.3, 0.4) is 0 Å². The summed E-state index contributed by atoms with van der Waals surface area (Å²) in [6.45, 7) is 22.2. The van der Waals surface area contributed by atoms with Gasteiger partial charge in [-0.05, 0) is 206 Å². The molecule has 9 aromatic carbocycles. The zero-order valence-electron chi connectivity index (χ0n) is 39.1. The van der Waals surface area contributed by atoms with Gasteiger partial charge in [0.15, 0.2) is 0 Å². The summed E-state index contributed by atoms with van der Waals surface area (Å²) < 4.78 is 13.9. The van der Waals surface area contributed by atoms with Gasteiger partial charge in [0.2, 0.25) is 0 Å². The Kier molecular flexibility index (Phi) is 9.44. The topological polar surface area (TPSA) is 32.8 Å². The Morgan fingerprint density at radius 1 is 0.354 bits per heavy atom. The zero-order valence-corrected chi connectivity index (χ0v) is 39.1. The van der Waals surface area contributed by atoms with Crippen molar-refractivity contribution in [3.05, 3.63) is 190 Å². The lowest BCUT2D eigenvalue weighted by Gasteiger charge is -2.29. The van der Waals surface area contributed by atoms with Crippen LogP contribution < -0.4 is 9.80 Å². The van der Waals surface area contributed by atoms with Crippen LogP contribution in [0.2, 0.25) is 0 Å². The predicted molar refractivity (Wildman–Crippen MR) is 277 cm³/mol. The molecule has 0 radical (unpaired) electrons. The van der Waals surface area contributed by atoms with Crippen LogP contribution in [0, 0.1) is 55.4 Å². The Morgan fingerprint density at radius 2 is 0.785 bits per heavy atom. The van der Waals surface area contributed by atoms with Gasteiger partial charge in [-0.15, -0.1) is 0 Å². The monoisotopic (exact) mass is 846 g/mol. The standard InChI is InChI=1S/C61H54N2O2/c1-34(2)59-60-51(49-29-43-21-23-47(27-45(43)31-57(49)64-60)62(53-17-13-11-15-37(53)5)55-25-19-35(3)39(7)41(55)9)33-52-50-30-44-22-24-48(28-46(44)32-58(50)65-61(52)59)63(54-18-14-12-16-38(54)6)56-26-20-36(4)40(8)42(56)10/h11-34H,1-10H3. The molecule has 0 saturated carbocycles. The summed E-state index contributed by atoms with van der Waals surface area (Å²) in [7, 11) is 0. The molecule has 0 amide bonds. The third-order valence-corrected chi connectivity index (χ3v) is 14.5. The number of aryl methyl sites for hydroxylation is 4. The van der Waals surface area contributed by atoms with E-state index >= 15 is 0 Å². The van der Waals surface area contributed by atoms with Gasteiger partial charge >= 0.3 is 0 Å². The Balaban J connectivity index is 1.06. The molecule has 0 aliphatic carbocycles. The first-order chi connectivity index (χ1) is 31.4. The first kappa shape index (κ1) is 40.5. The normalized spacial score (nSPS) is 12.0. The maximum Gasteiger partial charge on any atom is 0.142 e. The molecule has 0 N–H and O–H groups in total. The summed E-state index contributed by atoms with van der Waals surface area (Å²) in [5.41, 5.74) is 21.8. The SMILES string of the molecule is Cc1ccccc1N(c1ccc2cc3c(cc2c1)oc1c(C(C)C)c2oc4cc5cc(N(c6ccccc6C)c6ccc(C)c(C)c6C)ccc5cc4c2cc13)c1ccc(C)c(C)c1C. The minimum atomic E-state index is 0.164. The van der Waals surface area contributed by atoms with E-state index in [9.17, 15) is 0 Å². The molecule has 0 aliphatic rings. The number of benzene rings is 9. The third kappa shape index (κ3) is 6.41. The van der Waals surface area contributed by atoms with E-state index in [1.54, 1.807) is 0 Å². The molecular formula is C61H54N2O2. The minimum Gasteiger partial charge on any atom is -0.456 e. The Hall–Kier alpha value is -7.30. The van der Waals surface area contributed by atoms with Crippen LogP contribution in [0.1, 0.15) is 69.8 Å². The van der Waals surface area contributed by atoms with E-state index in [1.807, 2.05) is 0 Å². The Bertz CT molecular complexity index is 3510. The molecule has 2 heterocycles. The number of anilines is 6. The van der Waals surface area contributed by atoms with Gasteiger partial charge < -0.3 is 18.6 Å². The number of rotatable bonds is 7. The van der Waals surface area contributed by atoms with Crippen LogP contribution in [-0.2, 0) is 0 Å². The maximum atomic E-state index is 6.95. The van der Waals surface area contributed by atoms with Crippen molar-refractivity contribution in [2.45, 2.75) is 75.2 Å². The van der Waals surface area contributed by atoms with Crippen LogP contribution in [0.5, 0.6) is 0 Å². The second-order valence-corrected chi connectivity index (χ2v) is 18.7. The summed E-state index contributed by atoms with van der Waals surface area (Å²) >= 11 is 0. The van der Waals surface area contributed by atoms with E-state index in [0.29, 0.717) is 0 Å². The van der Waals surface area contributed by atoms with Crippen LogP contribution in [-0.4, -0.2) is 0 Å². The second-order valence-electron chi connectivity index (χ2n) is 18.7. The van der Waals surface area contributed by atoms with Crippen LogP contribution in [0.15, 0.2) is 148 Å². The summed E-state index contributed by atoms with van der Waals surface area (Å²) in [5, 5.41) is 9.07. The van der Waals surface area contributed by atoms with Crippen molar-refractivity contribution in [1.82, 2.24) is 0 Å². The summed E-state index contributed by atoms with van der Waals surface area (Å²) in [6.07, 6.45) is 0. The van der Waals surface area contributed by atoms with Crippen LogP contribution in [0.25, 0.3) is 65.4 Å². The highest BCUT2D eigenvalue weighted by molar-refractivity contribution is 6.20. The highest BCUT2D eigenvalue weighted by atomic mass is 16.3. The van der Waals surface area contributed by atoms with Gasteiger partial charge in [-0.1, -0.05) is 74.5 Å². The van der Waals surface area contributed by atoms with E-state index in [1.165, 1.54) is 78.0 Å². The van der Waals surface area contributed by atoms with Crippen molar-refractivity contribution < 1.29 is 8.83 Å². The molecule has 320 valence electrons. The second kappa shape index (κ2) is 15.2. The van der Waals surface area contributed by atoms with E-state index in [4.69, 9.17) is 8.83 Å². The van der Waals surface area contributed by atoms with Gasteiger partial charge in [-0.2, -0.15) is 0 Å². The molecule has 11 aromatic rings. The lowest BCUT2D eigenvalue weighted by atomic mass is 9.95. The first-order valence-electron chi connectivity index (χ1n) is 22.9. The number of nitrogens with zero attached hydrogens (tertiary/aromatic N) is 2. The lowest BCUT2D eigenvalue weighted by Crippen LogP contribution is -2.13. The van der Waals surface area contributed by atoms with Crippen molar-refractivity contribution in [2.24, 2.45) is 0 Å². The zero-order chi connectivity index (χ0) is 45.0. The largest absolute Gasteiger partial charge is 0.456 e. The first-order valence-corrected chi connectivity index (χ1v) is 22.9. The number of hydrogen-bond donors (Lipinski definition) is 0. The molecule has 0 bridgehead atoms. The maximum absolute atomic E-state index is 6.95. The van der Waals surface area contributed by atoms with Crippen molar-refractivity contribution in [3.63, 3.8) is 0 Å². The quantitative estimate of drug-likeness (QED) is 0.160. The van der Waals surface area contributed by atoms with Gasteiger partial charge in [0.25, 0.3) is 0 Å². The molecule has 4 nitrogen and oxygen atoms in total. The molecule has 0 aliphatic heterocycles. The molecule has 2 aromatic heterocycles. The number of fused-ring (bicyclic) bond motifs is 8. The fraction of sp³-hybridized carbons (Fsp3) is 0.180. The molecule has 0 saturated heterocycles. The Morgan fingerprint density at radius 3 is 1.20 bits per heavy atom. The van der Waals surface area contributed by atoms with Crippen LogP contribution in [0.4, 0.5) is 34.1 Å². The highest BCUT2D eigenvalue weighted by Gasteiger charge is 2.24. The molecule has 0 unspecified atom stereocenters. The van der Waals surface area contributed by atoms with Crippen molar-refractivity contribution in [1.29, 1.82) is 0 Å². The summed E-state index contributed by atoms with van der Waals surface area (Å²) in [5.74, 6) is 0.164. The van der Waals surface area contributed by atoms with Crippen molar-refractivity contribution in [3.8, 4) is 0 Å². The molecule has 4 heteroatoms. The average molecular weight is 847 g/mol. The van der Waals surface area contributed by atoms with Gasteiger partial charge in [0, 0.05) is 61.2 Å². The Labute approximate surface area is 381 Å². The van der Waals surface area contributed by atoms with Gasteiger partial charge in [-0.25, -0.2) is 0 Å². The fourth-order valence-corrected chi connectivity index (χ4v) is 10.2. The fourth-order valence-electron chi connectivity index (χ4n) is 10.2. The van der Waals surface area contributed by atoms with Crippen molar-refractivity contribution >= 4 is 99.5 Å². The molecule has 65 heavy (non-hydrogen) atoms. The smallest absolute Gasteiger partial charge is 0.142 e. The number of hydrogen-bond acceptors (Lipinski definition) is 4. The molecule has 0 spiro atoms. The number of para-hydroxylation sites is 2. The van der Waals surface area contributed by atoms with E-state index in [-0.39, 0.29) is 5.92 Å². The van der Waals surface area contributed by atoms with E-state index in [2.05, 4.69) is 219 Å². The van der Waals surface area contributed by atoms with Gasteiger partial charge in [-0.3, -0.25) is 0 Å². The predicted octanol–water partition coefficient (Wildman–Crippen LogP) is 18.3. The summed E-state index contributed by atoms with van der Waals surface area (Å²) in [6, 6.07) is 51.4. The molecule has 11 rings (SSSR count). The summed E-state index contributed by atoms with van der Waals surface area (Å²) in [4.78, 5) is 4.82. The van der Waals surface area contributed by atoms with Crippen molar-refractivity contribution in [2.75, 3.05) is 9.80 Å². The molecule has 0 fully saturated rings. The lowest BCUT2D eigenvalue weighted by molar-refractivity contribution is 0.638. The van der Waals surface area contributed by atoms with Gasteiger partial charge in [0.05, 0.1) is 0 Å².